The van der Waals surface area contributed by atoms with Crippen LogP contribution in [0.2, 0.25) is 0 Å². The number of carbonyl (C=O) groups is 1. The Bertz CT molecular complexity index is 1260. The topological polar surface area (TPSA) is 113 Å². The molecule has 0 bridgehead atoms. The van der Waals surface area contributed by atoms with Gasteiger partial charge in [0.2, 0.25) is 26.0 Å². The Kier molecular flexibility index (Phi) is 8.28. The van der Waals surface area contributed by atoms with Crippen molar-refractivity contribution in [2.75, 3.05) is 39.3 Å². The molecular weight excluding hydrogens is 509 g/mol. The summed E-state index contributed by atoms with van der Waals surface area (Å²) in [5.74, 6) is -0.789. The number of nitrogens with one attached hydrogen (secondary N) is 1. The van der Waals surface area contributed by atoms with Gasteiger partial charge in [-0.3, -0.25) is 4.79 Å². The fourth-order valence-corrected chi connectivity index (χ4v) is 7.44. The van der Waals surface area contributed by atoms with Crippen molar-refractivity contribution >= 4 is 26.0 Å². The smallest absolute Gasteiger partial charge is 0.243 e. The van der Waals surface area contributed by atoms with Gasteiger partial charge in [0.1, 0.15) is 18.2 Å². The lowest BCUT2D eigenvalue weighted by molar-refractivity contribution is -0.126. The Morgan fingerprint density at radius 1 is 0.861 bits per heavy atom. The van der Waals surface area contributed by atoms with Crippen LogP contribution in [0.15, 0.2) is 58.3 Å². The highest BCUT2D eigenvalue weighted by Crippen LogP contribution is 2.25. The van der Waals surface area contributed by atoms with Gasteiger partial charge in [-0.2, -0.15) is 8.61 Å². The summed E-state index contributed by atoms with van der Waals surface area (Å²) in [5.41, 5.74) is 0. The molecule has 0 saturated carbocycles. The third-order valence-corrected chi connectivity index (χ3v) is 10.2. The van der Waals surface area contributed by atoms with E-state index in [4.69, 9.17) is 4.74 Å². The molecule has 2 heterocycles. The molecule has 2 aliphatic heterocycles. The Morgan fingerprint density at radius 3 is 2.06 bits per heavy atom. The molecule has 0 spiro atoms. The number of hydrogen-bond acceptors (Lipinski definition) is 6. The first-order valence-electron chi connectivity index (χ1n) is 11.9. The molecule has 0 unspecified atom stereocenters. The maximum Gasteiger partial charge on any atom is 0.243 e. The number of benzene rings is 2. The van der Waals surface area contributed by atoms with Crippen LogP contribution in [-0.2, 0) is 24.8 Å². The van der Waals surface area contributed by atoms with E-state index in [1.807, 2.05) is 0 Å². The molecule has 2 aromatic carbocycles. The lowest BCUT2D eigenvalue weighted by Crippen LogP contribution is -2.45. The van der Waals surface area contributed by atoms with Crippen molar-refractivity contribution in [1.29, 1.82) is 0 Å². The summed E-state index contributed by atoms with van der Waals surface area (Å²) in [6.45, 7) is 1.83. The van der Waals surface area contributed by atoms with E-state index in [0.717, 1.165) is 25.0 Å². The van der Waals surface area contributed by atoms with Crippen LogP contribution in [0, 0.1) is 11.7 Å². The van der Waals surface area contributed by atoms with Gasteiger partial charge < -0.3 is 10.1 Å². The fraction of sp³-hybridized carbons (Fsp3) is 0.458. The highest BCUT2D eigenvalue weighted by molar-refractivity contribution is 7.89. The van der Waals surface area contributed by atoms with Crippen LogP contribution >= 0.6 is 0 Å². The van der Waals surface area contributed by atoms with E-state index in [-0.39, 0.29) is 35.4 Å². The third-order valence-electron chi connectivity index (χ3n) is 6.40. The molecule has 2 aliphatic rings. The number of carbonyl (C=O) groups excluding carboxylic acids is 1. The van der Waals surface area contributed by atoms with Crippen LogP contribution < -0.4 is 10.1 Å². The Labute approximate surface area is 211 Å². The van der Waals surface area contributed by atoms with Gasteiger partial charge in [-0.25, -0.2) is 21.2 Å². The molecule has 1 amide bonds. The fourth-order valence-electron chi connectivity index (χ4n) is 4.40. The molecular formula is C24H30FN3O6S2. The summed E-state index contributed by atoms with van der Waals surface area (Å²) in [6.07, 6.45) is 2.85. The zero-order valence-corrected chi connectivity index (χ0v) is 21.4. The molecule has 196 valence electrons. The molecule has 2 saturated heterocycles. The summed E-state index contributed by atoms with van der Waals surface area (Å²) in [6, 6.07) is 10.8. The SMILES string of the molecule is O=C(NCCOc1ccc(S(=O)(=O)N2CCCC2)cc1)[C@@H]1CCCN(S(=O)(=O)c2ccc(F)cc2)C1. The van der Waals surface area contributed by atoms with Gasteiger partial charge in [-0.05, 0) is 74.2 Å². The number of amides is 1. The standard InChI is InChI=1S/C24H30FN3O6S2/c25-20-5-9-22(10-6-20)36(32,33)28-16-3-4-19(18-28)24(29)26-13-17-34-21-7-11-23(12-8-21)35(30,31)27-14-1-2-15-27/h5-12,19H,1-4,13-18H2,(H,26,29)/t19-/m1/s1. The van der Waals surface area contributed by atoms with E-state index in [0.29, 0.717) is 38.2 Å². The van der Waals surface area contributed by atoms with E-state index < -0.39 is 31.8 Å². The van der Waals surface area contributed by atoms with E-state index in [9.17, 15) is 26.0 Å². The molecule has 36 heavy (non-hydrogen) atoms. The zero-order chi connectivity index (χ0) is 25.8. The van der Waals surface area contributed by atoms with Crippen molar-refractivity contribution in [3.8, 4) is 5.75 Å². The summed E-state index contributed by atoms with van der Waals surface area (Å²) < 4.78 is 72.4. The Balaban J connectivity index is 1.24. The molecule has 2 aromatic rings. The van der Waals surface area contributed by atoms with Crippen LogP contribution in [0.25, 0.3) is 0 Å². The highest BCUT2D eigenvalue weighted by Gasteiger charge is 2.33. The number of piperidine rings is 1. The van der Waals surface area contributed by atoms with Crippen molar-refractivity contribution in [3.63, 3.8) is 0 Å². The number of hydrogen-bond donors (Lipinski definition) is 1. The van der Waals surface area contributed by atoms with Gasteiger partial charge in [0, 0.05) is 26.2 Å². The summed E-state index contributed by atoms with van der Waals surface area (Å²) in [7, 11) is -7.29. The molecule has 9 nitrogen and oxygen atoms in total. The van der Waals surface area contributed by atoms with Gasteiger partial charge in [0.15, 0.2) is 0 Å². The predicted octanol–water partition coefficient (Wildman–Crippen LogP) is 2.21. The Hall–Kier alpha value is -2.54. The van der Waals surface area contributed by atoms with Gasteiger partial charge in [0.05, 0.1) is 22.3 Å². The second-order valence-electron chi connectivity index (χ2n) is 8.88. The van der Waals surface area contributed by atoms with Gasteiger partial charge in [-0.1, -0.05) is 0 Å². The molecule has 1 atom stereocenters. The van der Waals surface area contributed by atoms with Crippen LogP contribution in [0.4, 0.5) is 4.39 Å². The molecule has 12 heteroatoms. The largest absolute Gasteiger partial charge is 0.492 e. The first-order valence-corrected chi connectivity index (χ1v) is 14.8. The van der Waals surface area contributed by atoms with Crippen LogP contribution in [-0.4, -0.2) is 70.7 Å². The Morgan fingerprint density at radius 2 is 1.42 bits per heavy atom. The average molecular weight is 540 g/mol. The van der Waals surface area contributed by atoms with Gasteiger partial charge >= 0.3 is 0 Å². The lowest BCUT2D eigenvalue weighted by Gasteiger charge is -2.31. The van der Waals surface area contributed by atoms with Crippen molar-refractivity contribution in [1.82, 2.24) is 13.9 Å². The van der Waals surface area contributed by atoms with Crippen molar-refractivity contribution in [3.05, 3.63) is 54.3 Å². The molecule has 4 rings (SSSR count). The maximum absolute atomic E-state index is 13.2. The van der Waals surface area contributed by atoms with Crippen molar-refractivity contribution in [2.45, 2.75) is 35.5 Å². The molecule has 2 fully saturated rings. The molecule has 0 aromatic heterocycles. The predicted molar refractivity (Wildman–Crippen MR) is 131 cm³/mol. The number of nitrogens with zero attached hydrogens (tertiary/aromatic N) is 2. The summed E-state index contributed by atoms with van der Waals surface area (Å²) >= 11 is 0. The first-order chi connectivity index (χ1) is 17.2. The minimum absolute atomic E-state index is 0.00222. The second kappa shape index (κ2) is 11.2. The van der Waals surface area contributed by atoms with E-state index in [2.05, 4.69) is 5.32 Å². The van der Waals surface area contributed by atoms with E-state index in [1.165, 1.54) is 32.9 Å². The number of sulfonamides is 2. The highest BCUT2D eigenvalue weighted by atomic mass is 32.2. The van der Waals surface area contributed by atoms with E-state index >= 15 is 0 Å². The van der Waals surface area contributed by atoms with Crippen molar-refractivity contribution < 1.29 is 30.8 Å². The zero-order valence-electron chi connectivity index (χ0n) is 19.8. The van der Waals surface area contributed by atoms with Gasteiger partial charge in [-0.15, -0.1) is 0 Å². The number of rotatable bonds is 9. The van der Waals surface area contributed by atoms with Crippen molar-refractivity contribution in [2.24, 2.45) is 5.92 Å². The molecule has 0 radical (unpaired) electrons. The normalized spacial score (nSPS) is 19.8. The first kappa shape index (κ1) is 26.5. The van der Waals surface area contributed by atoms with Crippen LogP contribution in [0.5, 0.6) is 5.75 Å². The minimum Gasteiger partial charge on any atom is -0.492 e. The van der Waals surface area contributed by atoms with Crippen LogP contribution in [0.3, 0.4) is 0 Å². The third kappa shape index (κ3) is 6.05. The molecule has 1 N–H and O–H groups in total. The average Bonchev–Trinajstić information content (AvgIpc) is 3.43. The number of ether oxygens (including phenoxy) is 1. The summed E-state index contributed by atoms with van der Waals surface area (Å²) in [4.78, 5) is 12.9. The van der Waals surface area contributed by atoms with Crippen LogP contribution in [0.1, 0.15) is 25.7 Å². The van der Waals surface area contributed by atoms with Gasteiger partial charge in [0.25, 0.3) is 0 Å². The maximum atomic E-state index is 13.2. The lowest BCUT2D eigenvalue weighted by atomic mass is 9.99. The van der Waals surface area contributed by atoms with E-state index in [1.54, 1.807) is 12.1 Å². The molecule has 0 aliphatic carbocycles. The monoisotopic (exact) mass is 539 g/mol. The number of halogens is 1. The minimum atomic E-state index is -3.81. The second-order valence-corrected chi connectivity index (χ2v) is 12.8. The quantitative estimate of drug-likeness (QED) is 0.489. The summed E-state index contributed by atoms with van der Waals surface area (Å²) in [5, 5.41) is 2.78.